The Morgan fingerprint density at radius 3 is 2.40 bits per heavy atom. The van der Waals surface area contributed by atoms with Crippen LogP contribution in [0.25, 0.3) is 11.0 Å². The predicted molar refractivity (Wildman–Crippen MR) is 139 cm³/mol. The van der Waals surface area contributed by atoms with E-state index in [-0.39, 0.29) is 24.3 Å². The van der Waals surface area contributed by atoms with Gasteiger partial charge in [0.15, 0.2) is 0 Å². The third-order valence-corrected chi connectivity index (χ3v) is 6.37. The minimum absolute atomic E-state index is 0.0330. The van der Waals surface area contributed by atoms with Crippen molar-refractivity contribution in [2.75, 3.05) is 31.6 Å². The molecule has 1 saturated heterocycles. The van der Waals surface area contributed by atoms with Gasteiger partial charge in [0.1, 0.15) is 18.1 Å². The minimum atomic E-state index is -0.115. The van der Waals surface area contributed by atoms with Gasteiger partial charge >= 0.3 is 0 Å². The van der Waals surface area contributed by atoms with Gasteiger partial charge in [-0.15, -0.1) is 0 Å². The first-order valence-corrected chi connectivity index (χ1v) is 12.4. The molecule has 1 aromatic heterocycles. The lowest BCUT2D eigenvalue weighted by Gasteiger charge is -2.27. The zero-order valence-electron chi connectivity index (χ0n) is 21.4. The fourth-order valence-electron chi connectivity index (χ4n) is 4.93. The summed E-state index contributed by atoms with van der Waals surface area (Å²) < 4.78 is 7.52. The molecule has 2 heterocycles. The van der Waals surface area contributed by atoms with Crippen LogP contribution in [0.5, 0.6) is 5.75 Å². The average Bonchev–Trinajstić information content (AvgIpc) is 3.38. The molecular formula is C28H36N4O3. The lowest BCUT2D eigenvalue weighted by molar-refractivity contribution is -0.132. The summed E-state index contributed by atoms with van der Waals surface area (Å²) in [5.41, 5.74) is 2.53. The molecule has 1 aliphatic rings. The predicted octanol–water partition coefficient (Wildman–Crippen LogP) is 4.71. The summed E-state index contributed by atoms with van der Waals surface area (Å²) >= 11 is 0. The van der Waals surface area contributed by atoms with Crippen LogP contribution in [-0.2, 0) is 16.1 Å². The van der Waals surface area contributed by atoms with Crippen molar-refractivity contribution in [3.05, 3.63) is 54.4 Å². The quantitative estimate of drug-likeness (QED) is 0.449. The van der Waals surface area contributed by atoms with Crippen LogP contribution in [0.2, 0.25) is 0 Å². The second kappa shape index (κ2) is 10.5. The number of nitrogens with zero attached hydrogens (tertiary/aromatic N) is 4. The number of imidazole rings is 1. The van der Waals surface area contributed by atoms with Crippen LogP contribution in [0.1, 0.15) is 45.9 Å². The summed E-state index contributed by atoms with van der Waals surface area (Å²) in [6.45, 7) is 10.7. The van der Waals surface area contributed by atoms with Crippen LogP contribution in [0, 0.1) is 11.8 Å². The SMILES string of the molecule is COc1ccccc1N1CC(c2nc3ccccc3n2CC(=O)N(CC(C)C)CC(C)C)CC1=O. The number of carbonyl (C=O) groups excluding carboxylic acids is 2. The molecule has 0 radical (unpaired) electrons. The number of para-hydroxylation sites is 4. The number of amides is 2. The van der Waals surface area contributed by atoms with E-state index in [1.165, 1.54) is 0 Å². The summed E-state index contributed by atoms with van der Waals surface area (Å²) in [4.78, 5) is 35.3. The number of hydrogen-bond acceptors (Lipinski definition) is 4. The van der Waals surface area contributed by atoms with E-state index in [1.807, 2.05) is 58.0 Å². The van der Waals surface area contributed by atoms with Gasteiger partial charge in [-0.1, -0.05) is 52.0 Å². The Labute approximate surface area is 207 Å². The molecule has 35 heavy (non-hydrogen) atoms. The van der Waals surface area contributed by atoms with E-state index in [2.05, 4.69) is 27.7 Å². The van der Waals surface area contributed by atoms with E-state index < -0.39 is 0 Å². The Balaban J connectivity index is 1.66. The summed E-state index contributed by atoms with van der Waals surface area (Å²) in [7, 11) is 1.61. The van der Waals surface area contributed by atoms with Gasteiger partial charge in [0, 0.05) is 32.0 Å². The zero-order valence-corrected chi connectivity index (χ0v) is 21.4. The van der Waals surface area contributed by atoms with Crippen LogP contribution in [-0.4, -0.2) is 53.0 Å². The number of hydrogen-bond donors (Lipinski definition) is 0. The maximum absolute atomic E-state index is 13.5. The van der Waals surface area contributed by atoms with Crippen LogP contribution < -0.4 is 9.64 Å². The molecular weight excluding hydrogens is 440 g/mol. The first kappa shape index (κ1) is 24.8. The summed E-state index contributed by atoms with van der Waals surface area (Å²) in [5, 5.41) is 0. The molecule has 1 unspecified atom stereocenters. The van der Waals surface area contributed by atoms with Crippen molar-refractivity contribution in [3.8, 4) is 5.75 Å². The van der Waals surface area contributed by atoms with Crippen molar-refractivity contribution in [3.63, 3.8) is 0 Å². The van der Waals surface area contributed by atoms with Crippen molar-refractivity contribution < 1.29 is 14.3 Å². The fraction of sp³-hybridized carbons (Fsp3) is 0.464. The number of methoxy groups -OCH3 is 1. The van der Waals surface area contributed by atoms with E-state index in [0.29, 0.717) is 30.6 Å². The molecule has 0 bridgehead atoms. The Morgan fingerprint density at radius 1 is 1.06 bits per heavy atom. The largest absolute Gasteiger partial charge is 0.495 e. The zero-order chi connectivity index (χ0) is 25.1. The lowest BCUT2D eigenvalue weighted by atomic mass is 10.1. The van der Waals surface area contributed by atoms with E-state index in [1.54, 1.807) is 12.0 Å². The molecule has 0 N–H and O–H groups in total. The van der Waals surface area contributed by atoms with Crippen molar-refractivity contribution in [1.82, 2.24) is 14.5 Å². The first-order valence-electron chi connectivity index (χ1n) is 12.4. The number of anilines is 1. The molecule has 7 heteroatoms. The Morgan fingerprint density at radius 2 is 1.71 bits per heavy atom. The highest BCUT2D eigenvalue weighted by atomic mass is 16.5. The van der Waals surface area contributed by atoms with Gasteiger partial charge in [-0.3, -0.25) is 9.59 Å². The van der Waals surface area contributed by atoms with Gasteiger partial charge in [-0.2, -0.15) is 0 Å². The van der Waals surface area contributed by atoms with E-state index in [0.717, 1.165) is 35.6 Å². The number of benzene rings is 2. The highest BCUT2D eigenvalue weighted by Crippen LogP contribution is 2.37. The maximum atomic E-state index is 13.5. The molecule has 1 atom stereocenters. The Bertz CT molecular complexity index is 1190. The Kier molecular flexibility index (Phi) is 7.43. The summed E-state index contributed by atoms with van der Waals surface area (Å²) in [6.07, 6.45) is 0.345. The highest BCUT2D eigenvalue weighted by molar-refractivity contribution is 5.98. The monoisotopic (exact) mass is 476 g/mol. The lowest BCUT2D eigenvalue weighted by Crippen LogP contribution is -2.39. The number of fused-ring (bicyclic) bond motifs is 1. The number of carbonyl (C=O) groups is 2. The van der Waals surface area contributed by atoms with E-state index in [4.69, 9.17) is 9.72 Å². The summed E-state index contributed by atoms with van der Waals surface area (Å²) in [6, 6.07) is 15.5. The number of ether oxygens (including phenoxy) is 1. The van der Waals surface area contributed by atoms with Gasteiger partial charge in [0.05, 0.1) is 23.8 Å². The molecule has 2 amide bonds. The smallest absolute Gasteiger partial charge is 0.242 e. The molecule has 0 spiro atoms. The highest BCUT2D eigenvalue weighted by Gasteiger charge is 2.36. The van der Waals surface area contributed by atoms with Gasteiger partial charge in [0.2, 0.25) is 11.8 Å². The average molecular weight is 477 g/mol. The normalized spacial score (nSPS) is 16.0. The van der Waals surface area contributed by atoms with Gasteiger partial charge in [-0.05, 0) is 36.1 Å². The van der Waals surface area contributed by atoms with Gasteiger partial charge < -0.3 is 19.1 Å². The molecule has 1 fully saturated rings. The van der Waals surface area contributed by atoms with Crippen molar-refractivity contribution in [2.24, 2.45) is 11.8 Å². The molecule has 3 aromatic rings. The second-order valence-electron chi connectivity index (χ2n) is 10.2. The second-order valence-corrected chi connectivity index (χ2v) is 10.2. The minimum Gasteiger partial charge on any atom is -0.495 e. The molecule has 186 valence electrons. The topological polar surface area (TPSA) is 67.7 Å². The fourth-order valence-corrected chi connectivity index (χ4v) is 4.93. The summed E-state index contributed by atoms with van der Waals surface area (Å²) in [5.74, 6) is 2.24. The molecule has 1 aliphatic heterocycles. The van der Waals surface area contributed by atoms with Crippen LogP contribution >= 0.6 is 0 Å². The number of aromatic nitrogens is 2. The van der Waals surface area contributed by atoms with Crippen molar-refractivity contribution >= 4 is 28.5 Å². The van der Waals surface area contributed by atoms with E-state index in [9.17, 15) is 9.59 Å². The molecule has 0 aliphatic carbocycles. The Hall–Kier alpha value is -3.35. The first-order chi connectivity index (χ1) is 16.8. The third-order valence-electron chi connectivity index (χ3n) is 6.37. The molecule has 4 rings (SSSR count). The maximum Gasteiger partial charge on any atom is 0.242 e. The number of rotatable bonds is 9. The van der Waals surface area contributed by atoms with Gasteiger partial charge in [0.25, 0.3) is 0 Å². The van der Waals surface area contributed by atoms with Crippen molar-refractivity contribution in [2.45, 2.75) is 46.6 Å². The van der Waals surface area contributed by atoms with Crippen molar-refractivity contribution in [1.29, 1.82) is 0 Å². The molecule has 0 saturated carbocycles. The van der Waals surface area contributed by atoms with Crippen LogP contribution in [0.15, 0.2) is 48.5 Å². The standard InChI is InChI=1S/C28H36N4O3/c1-19(2)15-30(16-20(3)4)27(34)18-32-23-11-7-6-10-22(23)29-28(32)21-14-26(33)31(17-21)24-12-8-9-13-25(24)35-5/h6-13,19-21H,14-18H2,1-5H3. The van der Waals surface area contributed by atoms with E-state index >= 15 is 0 Å². The molecule has 2 aromatic carbocycles. The van der Waals surface area contributed by atoms with Crippen LogP contribution in [0.3, 0.4) is 0 Å². The third kappa shape index (κ3) is 5.34. The van der Waals surface area contributed by atoms with Crippen LogP contribution in [0.4, 0.5) is 5.69 Å². The van der Waals surface area contributed by atoms with Gasteiger partial charge in [-0.25, -0.2) is 4.98 Å². The molecule has 7 nitrogen and oxygen atoms in total.